The Labute approximate surface area is 330 Å². The van der Waals surface area contributed by atoms with Crippen LogP contribution in [0, 0.1) is 0 Å². The van der Waals surface area contributed by atoms with E-state index in [-0.39, 0.29) is 0 Å². The topological polar surface area (TPSA) is 21.3 Å². The van der Waals surface area contributed by atoms with Gasteiger partial charge in [-0.2, -0.15) is 0 Å². The van der Waals surface area contributed by atoms with Gasteiger partial charge in [-0.3, -0.25) is 0 Å². The number of rotatable bonds is 7. The monoisotopic (exact) mass is 728 g/mol. The van der Waals surface area contributed by atoms with Gasteiger partial charge >= 0.3 is 0 Å². The van der Waals surface area contributed by atoms with Gasteiger partial charge in [0.2, 0.25) is 0 Å². The van der Waals surface area contributed by atoms with Crippen LogP contribution in [0.4, 0.5) is 17.1 Å². The zero-order chi connectivity index (χ0) is 37.7. The molecule has 0 N–H and O–H groups in total. The first-order chi connectivity index (χ1) is 28.3. The lowest BCUT2D eigenvalue weighted by Gasteiger charge is -2.26. The Bertz CT molecular complexity index is 3220. The molecule has 0 aliphatic carbocycles. The molecule has 0 unspecified atom stereocenters. The summed E-state index contributed by atoms with van der Waals surface area (Å²) < 4.78 is 8.70. The lowest BCUT2D eigenvalue weighted by atomic mass is 9.92. The molecule has 0 aliphatic heterocycles. The van der Waals surface area contributed by atoms with Crippen molar-refractivity contribution in [3.05, 3.63) is 218 Å². The molecule has 0 amide bonds. The number of para-hydroxylation sites is 2. The van der Waals surface area contributed by atoms with Gasteiger partial charge < -0.3 is 13.9 Å². The van der Waals surface area contributed by atoms with Crippen molar-refractivity contribution < 1.29 is 4.42 Å². The summed E-state index contributed by atoms with van der Waals surface area (Å²) in [6.45, 7) is 0. The van der Waals surface area contributed by atoms with Crippen molar-refractivity contribution in [1.82, 2.24) is 4.57 Å². The van der Waals surface area contributed by atoms with E-state index in [0.29, 0.717) is 0 Å². The van der Waals surface area contributed by atoms with E-state index < -0.39 is 0 Å². The van der Waals surface area contributed by atoms with Crippen molar-refractivity contribution in [2.75, 3.05) is 4.90 Å². The highest BCUT2D eigenvalue weighted by Gasteiger charge is 2.21. The van der Waals surface area contributed by atoms with Crippen LogP contribution in [0.25, 0.3) is 82.8 Å². The van der Waals surface area contributed by atoms with Gasteiger partial charge in [-0.25, -0.2) is 0 Å². The predicted molar refractivity (Wildman–Crippen MR) is 239 cm³/mol. The minimum Gasteiger partial charge on any atom is -0.456 e. The third-order valence-electron chi connectivity index (χ3n) is 11.2. The minimum absolute atomic E-state index is 0.877. The Morgan fingerprint density at radius 1 is 0.333 bits per heavy atom. The highest BCUT2D eigenvalue weighted by molar-refractivity contribution is 6.17. The Morgan fingerprint density at radius 3 is 1.70 bits per heavy atom. The van der Waals surface area contributed by atoms with Crippen molar-refractivity contribution in [3.8, 4) is 39.1 Å². The SMILES string of the molecule is c1ccc(-c2ccc(N(c3ccc4oc5ccccc5c4c3)c3ccc4c5c(-c6ccccc6-c6ccccc6)cccc5n(-c5ccccc5)c4c3)cc2)cc1. The maximum absolute atomic E-state index is 6.28. The standard InChI is InChI=1S/C54H36N2O/c1-4-15-37(16-5-1)38-27-29-41(30-28-38)55(42-32-34-53-49(35-42)46-23-12-13-26-52(46)57-53)43-31-33-48-51(36-43)56(40-19-8-3-9-20-40)50-25-14-24-47(54(48)50)45-22-11-10-21-44(45)39-17-6-2-7-18-39/h1-36H. The fourth-order valence-corrected chi connectivity index (χ4v) is 8.60. The van der Waals surface area contributed by atoms with Crippen LogP contribution in [0.15, 0.2) is 223 Å². The van der Waals surface area contributed by atoms with Crippen LogP contribution in [-0.4, -0.2) is 4.57 Å². The van der Waals surface area contributed by atoms with Crippen molar-refractivity contribution in [2.24, 2.45) is 0 Å². The van der Waals surface area contributed by atoms with Gasteiger partial charge in [0.05, 0.1) is 11.0 Å². The molecule has 0 aliphatic rings. The van der Waals surface area contributed by atoms with Gasteiger partial charge in [0, 0.05) is 44.3 Å². The molecule has 3 heteroatoms. The highest BCUT2D eigenvalue weighted by Crippen LogP contribution is 2.45. The molecule has 0 bridgehead atoms. The maximum atomic E-state index is 6.28. The van der Waals surface area contributed by atoms with Crippen molar-refractivity contribution in [2.45, 2.75) is 0 Å². The third kappa shape index (κ3) is 5.60. The van der Waals surface area contributed by atoms with E-state index in [2.05, 4.69) is 216 Å². The third-order valence-corrected chi connectivity index (χ3v) is 11.2. The molecular formula is C54H36N2O. The second kappa shape index (κ2) is 13.6. The molecule has 11 aromatic rings. The van der Waals surface area contributed by atoms with E-state index in [0.717, 1.165) is 50.2 Å². The first-order valence-corrected chi connectivity index (χ1v) is 19.4. The average Bonchev–Trinajstić information content (AvgIpc) is 3.83. The van der Waals surface area contributed by atoms with Gasteiger partial charge in [0.15, 0.2) is 0 Å². The second-order valence-electron chi connectivity index (χ2n) is 14.5. The van der Waals surface area contributed by atoms with Crippen LogP contribution >= 0.6 is 0 Å². The molecule has 9 aromatic carbocycles. The highest BCUT2D eigenvalue weighted by atomic mass is 16.3. The molecule has 0 atom stereocenters. The van der Waals surface area contributed by atoms with Crippen LogP contribution in [-0.2, 0) is 0 Å². The Balaban J connectivity index is 1.16. The van der Waals surface area contributed by atoms with E-state index in [1.54, 1.807) is 0 Å². The lowest BCUT2D eigenvalue weighted by molar-refractivity contribution is 0.669. The molecule has 0 radical (unpaired) electrons. The summed E-state index contributed by atoms with van der Waals surface area (Å²) in [5.41, 5.74) is 15.6. The molecule has 11 rings (SSSR count). The Morgan fingerprint density at radius 2 is 0.912 bits per heavy atom. The first kappa shape index (κ1) is 32.8. The molecule has 2 aromatic heterocycles. The van der Waals surface area contributed by atoms with E-state index in [4.69, 9.17) is 4.42 Å². The van der Waals surface area contributed by atoms with Gasteiger partial charge in [-0.05, 0) is 100 Å². The normalized spacial score (nSPS) is 11.5. The summed E-state index contributed by atoms with van der Waals surface area (Å²) in [5, 5.41) is 4.63. The van der Waals surface area contributed by atoms with Gasteiger partial charge in [0.1, 0.15) is 11.2 Å². The molecule has 0 saturated heterocycles. The zero-order valence-electron chi connectivity index (χ0n) is 31.1. The predicted octanol–water partition coefficient (Wildman–Crippen LogP) is 15.2. The number of benzene rings is 9. The van der Waals surface area contributed by atoms with Crippen molar-refractivity contribution in [3.63, 3.8) is 0 Å². The Hall–Kier alpha value is -7.62. The van der Waals surface area contributed by atoms with Crippen molar-refractivity contribution in [1.29, 1.82) is 0 Å². The van der Waals surface area contributed by atoms with Gasteiger partial charge in [0.25, 0.3) is 0 Å². The summed E-state index contributed by atoms with van der Waals surface area (Å²) >= 11 is 0. The van der Waals surface area contributed by atoms with Gasteiger partial charge in [-0.1, -0.05) is 152 Å². The lowest BCUT2D eigenvalue weighted by Crippen LogP contribution is -2.10. The number of aromatic nitrogens is 1. The van der Waals surface area contributed by atoms with Crippen LogP contribution in [0.1, 0.15) is 0 Å². The number of hydrogen-bond acceptors (Lipinski definition) is 2. The second-order valence-corrected chi connectivity index (χ2v) is 14.5. The molecule has 0 fully saturated rings. The van der Waals surface area contributed by atoms with E-state index in [1.165, 1.54) is 49.7 Å². The number of anilines is 3. The van der Waals surface area contributed by atoms with Gasteiger partial charge in [-0.15, -0.1) is 0 Å². The van der Waals surface area contributed by atoms with Crippen LogP contribution < -0.4 is 4.90 Å². The fourth-order valence-electron chi connectivity index (χ4n) is 8.60. The molecule has 57 heavy (non-hydrogen) atoms. The van der Waals surface area contributed by atoms with E-state index in [9.17, 15) is 0 Å². The maximum Gasteiger partial charge on any atom is 0.135 e. The minimum atomic E-state index is 0.877. The van der Waals surface area contributed by atoms with E-state index >= 15 is 0 Å². The fraction of sp³-hybridized carbons (Fsp3) is 0. The van der Waals surface area contributed by atoms with Crippen LogP contribution in [0.3, 0.4) is 0 Å². The summed E-state index contributed by atoms with van der Waals surface area (Å²) in [5.74, 6) is 0. The quantitative estimate of drug-likeness (QED) is 0.163. The molecule has 0 saturated carbocycles. The largest absolute Gasteiger partial charge is 0.456 e. The average molecular weight is 729 g/mol. The number of fused-ring (bicyclic) bond motifs is 6. The van der Waals surface area contributed by atoms with E-state index in [1.807, 2.05) is 12.1 Å². The summed E-state index contributed by atoms with van der Waals surface area (Å²) in [6.07, 6.45) is 0. The zero-order valence-corrected chi connectivity index (χ0v) is 31.1. The Kier molecular flexibility index (Phi) is 7.82. The number of furan rings is 1. The molecule has 3 nitrogen and oxygen atoms in total. The van der Waals surface area contributed by atoms with Crippen LogP contribution in [0.5, 0.6) is 0 Å². The summed E-state index contributed by atoms with van der Waals surface area (Å²) in [4.78, 5) is 2.37. The summed E-state index contributed by atoms with van der Waals surface area (Å²) in [6, 6.07) is 78.2. The molecule has 0 spiro atoms. The molecule has 268 valence electrons. The number of nitrogens with zero attached hydrogens (tertiary/aromatic N) is 2. The smallest absolute Gasteiger partial charge is 0.135 e. The number of hydrogen-bond donors (Lipinski definition) is 0. The van der Waals surface area contributed by atoms with Crippen molar-refractivity contribution >= 4 is 60.8 Å². The van der Waals surface area contributed by atoms with Crippen LogP contribution in [0.2, 0.25) is 0 Å². The first-order valence-electron chi connectivity index (χ1n) is 19.4. The molecular weight excluding hydrogens is 693 g/mol. The molecule has 2 heterocycles. The summed E-state index contributed by atoms with van der Waals surface area (Å²) in [7, 11) is 0.